The van der Waals surface area contributed by atoms with Crippen LogP contribution in [-0.4, -0.2) is 39.8 Å². The van der Waals surface area contributed by atoms with Crippen LogP contribution in [0.1, 0.15) is 18.1 Å². The first-order valence-corrected chi connectivity index (χ1v) is 7.65. The van der Waals surface area contributed by atoms with Crippen molar-refractivity contribution in [2.24, 2.45) is 0 Å². The van der Waals surface area contributed by atoms with Gasteiger partial charge in [0.15, 0.2) is 11.5 Å². The molecule has 1 aromatic carbocycles. The smallest absolute Gasteiger partial charge is 0.161 e. The normalized spacial score (nSPS) is 22.3. The van der Waals surface area contributed by atoms with Gasteiger partial charge in [0.05, 0.1) is 31.7 Å². The molecule has 1 aliphatic rings. The highest BCUT2D eigenvalue weighted by Gasteiger charge is 2.42. The number of allylic oxidation sites excluding steroid dienone is 1. The molecule has 0 spiro atoms. The number of benzene rings is 1. The number of thioether (sulfide) groups is 1. The molecular weight excluding hydrogens is 288 g/mol. The summed E-state index contributed by atoms with van der Waals surface area (Å²) in [6, 6.07) is 5.91. The highest BCUT2D eigenvalue weighted by molar-refractivity contribution is 8.03. The summed E-state index contributed by atoms with van der Waals surface area (Å²) in [6.07, 6.45) is 2.99. The first-order chi connectivity index (χ1) is 10.2. The summed E-state index contributed by atoms with van der Waals surface area (Å²) >= 11 is 1.76. The molecule has 2 rings (SSSR count). The van der Waals surface area contributed by atoms with Gasteiger partial charge >= 0.3 is 0 Å². The molecule has 1 heterocycles. The number of ether oxygens (including phenoxy) is 4. The fourth-order valence-electron chi connectivity index (χ4n) is 2.73. The summed E-state index contributed by atoms with van der Waals surface area (Å²) in [5.41, 5.74) is 1.06. The van der Waals surface area contributed by atoms with E-state index in [4.69, 9.17) is 18.9 Å². The van der Waals surface area contributed by atoms with Gasteiger partial charge in [0.25, 0.3) is 0 Å². The number of methoxy groups -OCH3 is 4. The van der Waals surface area contributed by atoms with Crippen molar-refractivity contribution in [3.63, 3.8) is 0 Å². The van der Waals surface area contributed by atoms with Crippen LogP contribution in [0.5, 0.6) is 11.5 Å². The standard InChI is InChI=1S/C16H22O4S/c1-17-11-16(8-5-9-21-16)15(20-4)12-6-7-13(18-2)14(10-12)19-3/h5-7,9-10,15H,8,11H2,1-4H3. The quantitative estimate of drug-likeness (QED) is 0.771. The van der Waals surface area contributed by atoms with Gasteiger partial charge < -0.3 is 18.9 Å². The zero-order valence-electron chi connectivity index (χ0n) is 12.9. The van der Waals surface area contributed by atoms with E-state index in [0.717, 1.165) is 12.0 Å². The van der Waals surface area contributed by atoms with Crippen molar-refractivity contribution in [2.45, 2.75) is 17.3 Å². The van der Waals surface area contributed by atoms with Crippen LogP contribution < -0.4 is 9.47 Å². The Labute approximate surface area is 130 Å². The van der Waals surface area contributed by atoms with E-state index in [1.54, 1.807) is 40.2 Å². The molecule has 2 atom stereocenters. The molecule has 21 heavy (non-hydrogen) atoms. The Kier molecular flexibility index (Phi) is 5.56. The molecule has 0 saturated carbocycles. The largest absolute Gasteiger partial charge is 0.493 e. The Morgan fingerprint density at radius 3 is 2.43 bits per heavy atom. The van der Waals surface area contributed by atoms with Crippen LogP contribution in [0.4, 0.5) is 0 Å². The molecule has 0 fully saturated rings. The van der Waals surface area contributed by atoms with E-state index in [1.165, 1.54) is 0 Å². The van der Waals surface area contributed by atoms with Crippen molar-refractivity contribution in [1.82, 2.24) is 0 Å². The molecule has 1 aliphatic heterocycles. The first kappa shape index (κ1) is 16.2. The summed E-state index contributed by atoms with van der Waals surface area (Å²) < 4.78 is 21.8. The molecule has 116 valence electrons. The van der Waals surface area contributed by atoms with Gasteiger partial charge in [-0.2, -0.15) is 0 Å². The maximum absolute atomic E-state index is 5.81. The molecule has 1 aromatic rings. The highest BCUT2D eigenvalue weighted by atomic mass is 32.2. The molecular formula is C16H22O4S. The van der Waals surface area contributed by atoms with Crippen LogP contribution in [-0.2, 0) is 9.47 Å². The molecule has 2 unspecified atom stereocenters. The highest BCUT2D eigenvalue weighted by Crippen LogP contribution is 2.48. The van der Waals surface area contributed by atoms with Crippen LogP contribution in [0.25, 0.3) is 0 Å². The molecule has 0 radical (unpaired) electrons. The molecule has 0 aliphatic carbocycles. The molecule has 0 amide bonds. The molecule has 0 saturated heterocycles. The summed E-state index contributed by atoms with van der Waals surface area (Å²) in [4.78, 5) is 0. The third kappa shape index (κ3) is 3.20. The molecule has 0 bridgehead atoms. The van der Waals surface area contributed by atoms with E-state index < -0.39 is 0 Å². The van der Waals surface area contributed by atoms with Crippen LogP contribution >= 0.6 is 11.8 Å². The van der Waals surface area contributed by atoms with E-state index >= 15 is 0 Å². The van der Waals surface area contributed by atoms with E-state index in [-0.39, 0.29) is 10.9 Å². The fourth-order valence-corrected chi connectivity index (χ4v) is 3.93. The van der Waals surface area contributed by atoms with Gasteiger partial charge in [-0.1, -0.05) is 12.1 Å². The van der Waals surface area contributed by atoms with Crippen molar-refractivity contribution in [3.05, 3.63) is 35.2 Å². The lowest BCUT2D eigenvalue weighted by Crippen LogP contribution is -2.36. The topological polar surface area (TPSA) is 36.9 Å². The number of hydrogen-bond donors (Lipinski definition) is 0. The van der Waals surface area contributed by atoms with Crippen LogP contribution in [0.3, 0.4) is 0 Å². The van der Waals surface area contributed by atoms with Gasteiger partial charge in [0.1, 0.15) is 0 Å². The lowest BCUT2D eigenvalue weighted by molar-refractivity contribution is 0.0333. The van der Waals surface area contributed by atoms with Gasteiger partial charge in [0, 0.05) is 14.2 Å². The summed E-state index contributed by atoms with van der Waals surface area (Å²) in [7, 11) is 6.73. The SMILES string of the molecule is COCC1(C(OC)c2ccc(OC)c(OC)c2)CC=CS1. The maximum Gasteiger partial charge on any atom is 0.161 e. The average Bonchev–Trinajstić information content (AvgIpc) is 2.97. The predicted molar refractivity (Wildman–Crippen MR) is 85.3 cm³/mol. The van der Waals surface area contributed by atoms with Crippen molar-refractivity contribution in [3.8, 4) is 11.5 Å². The molecule has 0 N–H and O–H groups in total. The average molecular weight is 310 g/mol. The van der Waals surface area contributed by atoms with E-state index in [1.807, 2.05) is 18.2 Å². The monoisotopic (exact) mass is 310 g/mol. The Hall–Kier alpha value is -1.17. The summed E-state index contributed by atoms with van der Waals surface area (Å²) in [5.74, 6) is 1.43. The maximum atomic E-state index is 5.81. The van der Waals surface area contributed by atoms with Crippen molar-refractivity contribution in [1.29, 1.82) is 0 Å². The number of rotatable bonds is 7. The Balaban J connectivity index is 2.36. The third-order valence-corrected chi connectivity index (χ3v) is 4.97. The van der Waals surface area contributed by atoms with Crippen molar-refractivity contribution >= 4 is 11.8 Å². The Morgan fingerprint density at radius 2 is 1.90 bits per heavy atom. The first-order valence-electron chi connectivity index (χ1n) is 6.77. The van der Waals surface area contributed by atoms with Crippen LogP contribution in [0.2, 0.25) is 0 Å². The third-order valence-electron chi connectivity index (χ3n) is 3.67. The van der Waals surface area contributed by atoms with Crippen molar-refractivity contribution in [2.75, 3.05) is 35.0 Å². The predicted octanol–water partition coefficient (Wildman–Crippen LogP) is 3.43. The van der Waals surface area contributed by atoms with E-state index in [9.17, 15) is 0 Å². The number of hydrogen-bond acceptors (Lipinski definition) is 5. The minimum Gasteiger partial charge on any atom is -0.493 e. The Bertz CT molecular complexity index is 493. The van der Waals surface area contributed by atoms with Gasteiger partial charge in [-0.3, -0.25) is 0 Å². The summed E-state index contributed by atoms with van der Waals surface area (Å²) in [6.45, 7) is 0.623. The summed E-state index contributed by atoms with van der Waals surface area (Å²) in [5, 5.41) is 2.12. The second-order valence-corrected chi connectivity index (χ2v) is 6.24. The second-order valence-electron chi connectivity index (χ2n) is 4.92. The zero-order valence-corrected chi connectivity index (χ0v) is 13.7. The lowest BCUT2D eigenvalue weighted by atomic mass is 9.92. The van der Waals surface area contributed by atoms with Crippen molar-refractivity contribution < 1.29 is 18.9 Å². The minimum absolute atomic E-state index is 0.0859. The van der Waals surface area contributed by atoms with Gasteiger partial charge in [-0.15, -0.1) is 11.8 Å². The molecule has 0 aromatic heterocycles. The van der Waals surface area contributed by atoms with Gasteiger partial charge in [-0.05, 0) is 29.5 Å². The second kappa shape index (κ2) is 7.20. The van der Waals surface area contributed by atoms with Gasteiger partial charge in [0.2, 0.25) is 0 Å². The lowest BCUT2D eigenvalue weighted by Gasteiger charge is -2.35. The van der Waals surface area contributed by atoms with Gasteiger partial charge in [-0.25, -0.2) is 0 Å². The molecule has 4 nitrogen and oxygen atoms in total. The van der Waals surface area contributed by atoms with Crippen LogP contribution in [0, 0.1) is 0 Å². The minimum atomic E-state index is -0.136. The molecule has 5 heteroatoms. The zero-order chi connectivity index (χ0) is 15.3. The van der Waals surface area contributed by atoms with E-state index in [0.29, 0.717) is 18.1 Å². The Morgan fingerprint density at radius 1 is 1.14 bits per heavy atom. The fraction of sp³-hybridized carbons (Fsp3) is 0.500. The van der Waals surface area contributed by atoms with Crippen LogP contribution in [0.15, 0.2) is 29.7 Å². The van der Waals surface area contributed by atoms with E-state index in [2.05, 4.69) is 11.5 Å².